The van der Waals surface area contributed by atoms with Gasteiger partial charge in [-0.3, -0.25) is 14.2 Å². The summed E-state index contributed by atoms with van der Waals surface area (Å²) in [5.41, 5.74) is 1.30. The van der Waals surface area contributed by atoms with Crippen LogP contribution in [0.15, 0.2) is 64.4 Å². The molecule has 4 rings (SSSR count). The number of carbonyl (C=O) groups excluding carboxylic acids is 1. The molecule has 2 heterocycles. The topological polar surface area (TPSA) is 115 Å². The summed E-state index contributed by atoms with van der Waals surface area (Å²) in [5.74, 6) is -0.261. The van der Waals surface area contributed by atoms with Crippen LogP contribution < -0.4 is 5.56 Å². The minimum Gasteiger partial charge on any atom is -0.298 e. The van der Waals surface area contributed by atoms with Crippen LogP contribution in [0, 0.1) is 11.3 Å². The zero-order valence-corrected chi connectivity index (χ0v) is 20.6. The molecule has 0 unspecified atom stereocenters. The molecule has 2 aromatic heterocycles. The van der Waals surface area contributed by atoms with Crippen molar-refractivity contribution < 1.29 is 13.2 Å². The molecule has 0 radical (unpaired) electrons. The number of nitriles is 1. The molecular weight excluding hydrogens is 488 g/mol. The molecule has 35 heavy (non-hydrogen) atoms. The van der Waals surface area contributed by atoms with E-state index in [-0.39, 0.29) is 41.7 Å². The van der Waals surface area contributed by atoms with Gasteiger partial charge >= 0.3 is 0 Å². The fraction of sp³-hybridized carbons (Fsp3) is 0.200. The lowest BCUT2D eigenvalue weighted by molar-refractivity contribution is 0.0979. The van der Waals surface area contributed by atoms with Gasteiger partial charge in [-0.05, 0) is 29.1 Å². The Kier molecular flexibility index (Phi) is 6.61. The average molecular weight is 509 g/mol. The van der Waals surface area contributed by atoms with E-state index in [0.717, 1.165) is 16.5 Å². The zero-order valence-electron chi connectivity index (χ0n) is 19.0. The minimum absolute atomic E-state index is 0.138. The van der Waals surface area contributed by atoms with Crippen LogP contribution in [0.5, 0.6) is 0 Å². The summed E-state index contributed by atoms with van der Waals surface area (Å²) in [4.78, 5) is 26.9. The molecule has 8 nitrogen and oxygen atoms in total. The summed E-state index contributed by atoms with van der Waals surface area (Å²) >= 11 is 6.27. The number of ketones is 1. The van der Waals surface area contributed by atoms with Gasteiger partial charge in [-0.1, -0.05) is 48.9 Å². The molecule has 0 amide bonds. The molecular formula is C25H21ClN4O4S. The first-order valence-corrected chi connectivity index (χ1v) is 13.0. The lowest BCUT2D eigenvalue weighted by atomic mass is 9.94. The lowest BCUT2D eigenvalue weighted by Gasteiger charge is -2.19. The van der Waals surface area contributed by atoms with Gasteiger partial charge in [-0.2, -0.15) is 10.4 Å². The Hall–Kier alpha value is -3.74. The van der Waals surface area contributed by atoms with Crippen LogP contribution in [0.4, 0.5) is 0 Å². The first-order chi connectivity index (χ1) is 16.7. The van der Waals surface area contributed by atoms with E-state index in [2.05, 4.69) is 5.10 Å². The van der Waals surface area contributed by atoms with Crippen molar-refractivity contribution in [3.05, 3.63) is 81.4 Å². The number of rotatable bonds is 7. The van der Waals surface area contributed by atoms with Gasteiger partial charge in [0, 0.05) is 34.7 Å². The number of carbonyl (C=O) groups is 1. The second kappa shape index (κ2) is 9.49. The van der Waals surface area contributed by atoms with Crippen molar-refractivity contribution in [2.75, 3.05) is 6.26 Å². The molecule has 0 bridgehead atoms. The molecule has 0 fully saturated rings. The molecule has 0 aliphatic carbocycles. The third kappa shape index (κ3) is 4.63. The smallest absolute Gasteiger partial charge is 0.259 e. The van der Waals surface area contributed by atoms with Crippen LogP contribution in [0.25, 0.3) is 21.9 Å². The SMILES string of the molecule is CCC(=O)c1c(-c2ccccc2)c2cc(Cl)ccc2c(=O)n1Cc1cc(S(C)(=O)=O)n(CC#N)n1. The first kappa shape index (κ1) is 24.4. The Morgan fingerprint density at radius 2 is 1.83 bits per heavy atom. The highest BCUT2D eigenvalue weighted by atomic mass is 35.5. The average Bonchev–Trinajstić information content (AvgIpc) is 3.24. The summed E-state index contributed by atoms with van der Waals surface area (Å²) in [5, 5.41) is 14.5. The van der Waals surface area contributed by atoms with Crippen molar-refractivity contribution in [3.63, 3.8) is 0 Å². The molecule has 0 aliphatic rings. The number of Topliss-reactive ketones (excluding diaryl/α,β-unsaturated/α-hetero) is 1. The van der Waals surface area contributed by atoms with Gasteiger partial charge in [-0.25, -0.2) is 13.1 Å². The van der Waals surface area contributed by atoms with E-state index < -0.39 is 15.4 Å². The van der Waals surface area contributed by atoms with Gasteiger partial charge in [0.1, 0.15) is 6.54 Å². The largest absolute Gasteiger partial charge is 0.298 e. The van der Waals surface area contributed by atoms with Crippen LogP contribution in [0.2, 0.25) is 5.02 Å². The van der Waals surface area contributed by atoms with Crippen molar-refractivity contribution in [2.45, 2.75) is 31.5 Å². The molecule has 4 aromatic rings. The summed E-state index contributed by atoms with van der Waals surface area (Å²) in [6.45, 7) is 1.28. The van der Waals surface area contributed by atoms with Gasteiger partial charge in [0.05, 0.1) is 24.0 Å². The Labute approximate surface area is 206 Å². The second-order valence-corrected chi connectivity index (χ2v) is 10.4. The fourth-order valence-electron chi connectivity index (χ4n) is 4.09. The van der Waals surface area contributed by atoms with Crippen LogP contribution in [0.3, 0.4) is 0 Å². The van der Waals surface area contributed by atoms with E-state index >= 15 is 0 Å². The predicted octanol–water partition coefficient (Wildman–Crippen LogP) is 4.09. The maximum absolute atomic E-state index is 13.6. The van der Waals surface area contributed by atoms with Gasteiger partial charge in [0.25, 0.3) is 5.56 Å². The molecule has 178 valence electrons. The molecule has 10 heteroatoms. The Balaban J connectivity index is 2.07. The van der Waals surface area contributed by atoms with E-state index in [1.807, 2.05) is 36.4 Å². The highest BCUT2D eigenvalue weighted by molar-refractivity contribution is 7.90. The first-order valence-electron chi connectivity index (χ1n) is 10.7. The van der Waals surface area contributed by atoms with Gasteiger partial charge in [-0.15, -0.1) is 0 Å². The van der Waals surface area contributed by atoms with Crippen molar-refractivity contribution in [3.8, 4) is 17.2 Å². The monoisotopic (exact) mass is 508 g/mol. The van der Waals surface area contributed by atoms with E-state index in [0.29, 0.717) is 21.4 Å². The second-order valence-electron chi connectivity index (χ2n) is 8.01. The van der Waals surface area contributed by atoms with E-state index in [9.17, 15) is 18.0 Å². The highest BCUT2D eigenvalue weighted by Gasteiger charge is 2.24. The standard InChI is InChI=1S/C25H21ClN4O4S/c1-3-21(31)24-23(16-7-5-4-6-8-16)20-13-17(26)9-10-19(20)25(32)29(24)15-18-14-22(35(2,33)34)30(28-18)12-11-27/h4-10,13-14H,3,12,15H2,1-2H3. The molecule has 0 atom stereocenters. The summed E-state index contributed by atoms with van der Waals surface area (Å²) in [6.07, 6.45) is 1.16. The molecule has 0 saturated heterocycles. The van der Waals surface area contributed by atoms with Gasteiger partial charge in [0.15, 0.2) is 20.6 Å². The van der Waals surface area contributed by atoms with Crippen LogP contribution in [0.1, 0.15) is 29.5 Å². The number of sulfone groups is 1. The number of hydrogen-bond acceptors (Lipinski definition) is 6. The summed E-state index contributed by atoms with van der Waals surface area (Å²) < 4.78 is 26.9. The van der Waals surface area contributed by atoms with Crippen molar-refractivity contribution in [2.24, 2.45) is 0 Å². The quantitative estimate of drug-likeness (QED) is 0.347. The maximum atomic E-state index is 13.6. The number of halogens is 1. The van der Waals surface area contributed by atoms with Gasteiger partial charge in [0.2, 0.25) is 0 Å². The number of nitrogens with zero attached hydrogens (tertiary/aromatic N) is 4. The Morgan fingerprint density at radius 1 is 1.11 bits per heavy atom. The summed E-state index contributed by atoms with van der Waals surface area (Å²) in [7, 11) is -3.68. The molecule has 0 saturated carbocycles. The fourth-order valence-corrected chi connectivity index (χ4v) is 5.10. The third-order valence-electron chi connectivity index (χ3n) is 5.60. The Morgan fingerprint density at radius 3 is 2.46 bits per heavy atom. The maximum Gasteiger partial charge on any atom is 0.259 e. The van der Waals surface area contributed by atoms with Crippen LogP contribution in [-0.2, 0) is 22.9 Å². The van der Waals surface area contributed by atoms with E-state index in [1.165, 1.54) is 10.6 Å². The number of pyridine rings is 1. The van der Waals surface area contributed by atoms with Gasteiger partial charge < -0.3 is 0 Å². The Bertz CT molecular complexity index is 1670. The molecule has 0 aliphatic heterocycles. The van der Waals surface area contributed by atoms with Crippen molar-refractivity contribution in [1.29, 1.82) is 5.26 Å². The predicted molar refractivity (Wildman–Crippen MR) is 133 cm³/mol. The van der Waals surface area contributed by atoms with Crippen molar-refractivity contribution in [1.82, 2.24) is 14.3 Å². The van der Waals surface area contributed by atoms with E-state index in [4.69, 9.17) is 16.9 Å². The molecule has 0 N–H and O–H groups in total. The van der Waals surface area contributed by atoms with Crippen LogP contribution >= 0.6 is 11.6 Å². The summed E-state index contributed by atoms with van der Waals surface area (Å²) in [6, 6.07) is 17.3. The number of fused-ring (bicyclic) bond motifs is 1. The van der Waals surface area contributed by atoms with Crippen LogP contribution in [-0.4, -0.2) is 34.8 Å². The molecule has 0 spiro atoms. The zero-order chi connectivity index (χ0) is 25.3. The number of aromatic nitrogens is 3. The van der Waals surface area contributed by atoms with Crippen molar-refractivity contribution >= 4 is 38.0 Å². The lowest BCUT2D eigenvalue weighted by Crippen LogP contribution is -2.28. The van der Waals surface area contributed by atoms with E-state index in [1.54, 1.807) is 25.1 Å². The highest BCUT2D eigenvalue weighted by Crippen LogP contribution is 2.33. The third-order valence-corrected chi connectivity index (χ3v) is 6.92. The minimum atomic E-state index is -3.68. The molecule has 2 aromatic carbocycles. The number of benzene rings is 2. The number of hydrogen-bond donors (Lipinski definition) is 0. The normalized spacial score (nSPS) is 11.5.